The smallest absolute Gasteiger partial charge is 0.306 e. The van der Waals surface area contributed by atoms with E-state index in [0.29, 0.717) is 13.0 Å². The Morgan fingerprint density at radius 2 is 0.785 bits per heavy atom. The summed E-state index contributed by atoms with van der Waals surface area (Å²) < 4.78 is 5.09. The topological polar surface area (TPSA) is 26.3 Å². The molecule has 0 aliphatic heterocycles. The molecule has 0 fully saturated rings. The van der Waals surface area contributed by atoms with Crippen molar-refractivity contribution in [3.63, 3.8) is 0 Å². The number of aryl methyl sites for hydroxylation is 2. The van der Waals surface area contributed by atoms with Gasteiger partial charge in [-0.05, 0) is 126 Å². The third-order valence-electron chi connectivity index (χ3n) is 15.4. The van der Waals surface area contributed by atoms with E-state index in [1.165, 1.54) is 205 Å². The summed E-state index contributed by atoms with van der Waals surface area (Å²) in [4.78, 5) is 11.7. The minimum Gasteiger partial charge on any atom is -0.466 e. The maximum atomic E-state index is 11.7. The molecule has 0 bridgehead atoms. The Morgan fingerprint density at radius 1 is 0.431 bits per heavy atom. The van der Waals surface area contributed by atoms with Crippen molar-refractivity contribution in [3.05, 3.63) is 106 Å². The summed E-state index contributed by atoms with van der Waals surface area (Å²) >= 11 is 1.90. The molecule has 2 aliphatic carbocycles. The van der Waals surface area contributed by atoms with E-state index in [9.17, 15) is 4.79 Å². The van der Waals surface area contributed by atoms with Crippen molar-refractivity contribution >= 4 is 17.7 Å². The Bertz CT molecular complexity index is 2060. The average Bonchev–Trinajstić information content (AvgIpc) is 3.72. The molecule has 65 heavy (non-hydrogen) atoms. The van der Waals surface area contributed by atoms with Gasteiger partial charge in [-0.15, -0.1) is 0 Å². The van der Waals surface area contributed by atoms with E-state index < -0.39 is 0 Å². The molecule has 3 heteroatoms. The summed E-state index contributed by atoms with van der Waals surface area (Å²) in [6.07, 6.45) is 33.2. The fourth-order valence-corrected chi connectivity index (χ4v) is 12.7. The number of rotatable bonds is 32. The second kappa shape index (κ2) is 26.3. The lowest BCUT2D eigenvalue weighted by Crippen LogP contribution is -2.26. The van der Waals surface area contributed by atoms with Gasteiger partial charge in [0.25, 0.3) is 0 Å². The Labute approximate surface area is 402 Å². The fraction of sp³-hybridized carbons (Fsp3) is 0.597. The molecule has 0 unspecified atom stereocenters. The van der Waals surface area contributed by atoms with Gasteiger partial charge in [-0.1, -0.05) is 221 Å². The van der Waals surface area contributed by atoms with Crippen LogP contribution in [0.1, 0.15) is 228 Å². The maximum absolute atomic E-state index is 11.7. The van der Waals surface area contributed by atoms with Gasteiger partial charge in [0, 0.05) is 16.6 Å². The molecule has 2 nitrogen and oxygen atoms in total. The van der Waals surface area contributed by atoms with Crippen molar-refractivity contribution in [2.45, 2.75) is 219 Å². The number of fused-ring (bicyclic) bond motifs is 6. The largest absolute Gasteiger partial charge is 0.466 e. The highest BCUT2D eigenvalue weighted by molar-refractivity contribution is 7.99. The summed E-state index contributed by atoms with van der Waals surface area (Å²) in [6.45, 7) is 14.0. The number of ether oxygens (including phenoxy) is 1. The van der Waals surface area contributed by atoms with Crippen molar-refractivity contribution in [2.75, 3.05) is 18.1 Å². The Kier molecular flexibility index (Phi) is 20.7. The van der Waals surface area contributed by atoms with E-state index in [4.69, 9.17) is 4.74 Å². The van der Waals surface area contributed by atoms with Crippen molar-refractivity contribution in [1.82, 2.24) is 0 Å². The first-order valence-electron chi connectivity index (χ1n) is 27.1. The van der Waals surface area contributed by atoms with Crippen LogP contribution in [0.5, 0.6) is 0 Å². The van der Waals surface area contributed by atoms with Gasteiger partial charge in [-0.3, -0.25) is 4.79 Å². The molecule has 0 heterocycles. The number of benzene rings is 4. The van der Waals surface area contributed by atoms with E-state index in [0.717, 1.165) is 11.5 Å². The quantitative estimate of drug-likeness (QED) is 0.0361. The summed E-state index contributed by atoms with van der Waals surface area (Å²) in [7, 11) is 0. The van der Waals surface area contributed by atoms with Crippen LogP contribution in [0.4, 0.5) is 0 Å². The number of carbonyl (C=O) groups excluding carboxylic acids is 1. The van der Waals surface area contributed by atoms with Crippen LogP contribution < -0.4 is 0 Å². The molecule has 0 N–H and O–H groups in total. The van der Waals surface area contributed by atoms with Crippen molar-refractivity contribution in [3.8, 4) is 33.4 Å². The van der Waals surface area contributed by atoms with Crippen molar-refractivity contribution in [2.24, 2.45) is 0 Å². The van der Waals surface area contributed by atoms with Crippen LogP contribution in [0, 0.1) is 13.8 Å². The van der Waals surface area contributed by atoms with Gasteiger partial charge in [0.1, 0.15) is 0 Å². The first-order valence-corrected chi connectivity index (χ1v) is 28.2. The summed E-state index contributed by atoms with van der Waals surface area (Å²) in [5.41, 5.74) is 18.1. The minimum absolute atomic E-state index is 0.0568. The molecule has 0 saturated heterocycles. The number of thioether (sulfide) groups is 1. The molecule has 6 rings (SSSR count). The van der Waals surface area contributed by atoms with Crippen LogP contribution in [0.15, 0.2) is 72.8 Å². The van der Waals surface area contributed by atoms with Gasteiger partial charge in [0.2, 0.25) is 0 Å². The Balaban J connectivity index is 1.27. The van der Waals surface area contributed by atoms with E-state index in [2.05, 4.69) is 107 Å². The fourth-order valence-electron chi connectivity index (χ4n) is 11.8. The minimum atomic E-state index is -0.0600. The third kappa shape index (κ3) is 13.0. The first-order chi connectivity index (χ1) is 31.8. The van der Waals surface area contributed by atoms with Gasteiger partial charge in [0.15, 0.2) is 0 Å². The molecular weight excluding hydrogens is 809 g/mol. The lowest BCUT2D eigenvalue weighted by molar-refractivity contribution is -0.142. The van der Waals surface area contributed by atoms with Crippen LogP contribution in [-0.2, 0) is 20.4 Å². The molecule has 1 atom stereocenters. The summed E-state index contributed by atoms with van der Waals surface area (Å²) in [5, 5.41) is 0. The number of carbonyl (C=O) groups is 1. The van der Waals surface area contributed by atoms with Crippen LogP contribution in [-0.4, -0.2) is 24.1 Å². The molecule has 4 aromatic carbocycles. The lowest BCUT2D eigenvalue weighted by atomic mass is 9.69. The van der Waals surface area contributed by atoms with Crippen LogP contribution >= 0.6 is 11.8 Å². The maximum Gasteiger partial charge on any atom is 0.306 e. The van der Waals surface area contributed by atoms with Gasteiger partial charge in [-0.25, -0.2) is 0 Å². The molecule has 2 aliphatic rings. The average molecular weight is 897 g/mol. The number of hydrogen-bond acceptors (Lipinski definition) is 3. The molecule has 0 amide bonds. The lowest BCUT2D eigenvalue weighted by Gasteiger charge is -2.34. The van der Waals surface area contributed by atoms with E-state index >= 15 is 0 Å². The van der Waals surface area contributed by atoms with Crippen molar-refractivity contribution < 1.29 is 9.53 Å². The standard InChI is InChI=1S/C62H88O2S/c1-7-11-14-16-20-25-40-62(41-26-21-17-15-12-8-2)57-45-49(6)30-34-53(57)55-36-32-51(47-59(55)62)50-31-35-54-52-33-29-48(5)44-56(52)61(58(54)46-50,38-24-13-9-3)39-27-22-18-19-23-28-42-65-43-37-60(63)64-10-4/h29-36,44-47H,7-28,37-43H2,1-6H3/t61-/m0/s1. The first kappa shape index (κ1) is 51.1. The van der Waals surface area contributed by atoms with Gasteiger partial charge < -0.3 is 4.74 Å². The zero-order valence-electron chi connectivity index (χ0n) is 42.2. The Morgan fingerprint density at radius 3 is 1.22 bits per heavy atom. The van der Waals surface area contributed by atoms with E-state index in [1.807, 2.05) is 18.7 Å². The molecule has 4 aromatic rings. The van der Waals surface area contributed by atoms with Crippen LogP contribution in [0.2, 0.25) is 0 Å². The number of unbranched alkanes of at least 4 members (excludes halogenated alkanes) is 17. The third-order valence-corrected chi connectivity index (χ3v) is 16.5. The van der Waals surface area contributed by atoms with Crippen LogP contribution in [0.3, 0.4) is 0 Å². The Hall–Kier alpha value is -3.30. The summed E-state index contributed by atoms with van der Waals surface area (Å²) in [5.74, 6) is 1.96. The van der Waals surface area contributed by atoms with Gasteiger partial charge in [-0.2, -0.15) is 11.8 Å². The summed E-state index contributed by atoms with van der Waals surface area (Å²) in [6, 6.07) is 30.1. The molecule has 0 aromatic heterocycles. The predicted molar refractivity (Wildman–Crippen MR) is 285 cm³/mol. The highest BCUT2D eigenvalue weighted by Crippen LogP contribution is 2.57. The SMILES string of the molecule is CCCCCCCCC1(CCCCCCCC)c2cc(C)ccc2-c2ccc(-c3ccc4c(c3)[C@@](CCCCC)(CCCCCCCCSCCC(=O)OCC)c3cc(C)ccc3-4)cc21. The second-order valence-corrected chi connectivity index (χ2v) is 21.5. The van der Waals surface area contributed by atoms with E-state index in [1.54, 1.807) is 22.3 Å². The normalized spacial score (nSPS) is 15.5. The van der Waals surface area contributed by atoms with Crippen molar-refractivity contribution in [1.29, 1.82) is 0 Å². The predicted octanol–water partition coefficient (Wildman–Crippen LogP) is 19.0. The second-order valence-electron chi connectivity index (χ2n) is 20.3. The zero-order chi connectivity index (χ0) is 45.9. The zero-order valence-corrected chi connectivity index (χ0v) is 43.0. The molecule has 354 valence electrons. The highest BCUT2D eigenvalue weighted by atomic mass is 32.2. The van der Waals surface area contributed by atoms with Gasteiger partial charge in [0.05, 0.1) is 13.0 Å². The molecule has 0 saturated carbocycles. The monoisotopic (exact) mass is 897 g/mol. The molecule has 0 spiro atoms. The number of hydrogen-bond donors (Lipinski definition) is 0. The molecular formula is C62H88O2S. The number of esters is 1. The van der Waals surface area contributed by atoms with E-state index in [-0.39, 0.29) is 16.8 Å². The van der Waals surface area contributed by atoms with Crippen LogP contribution in [0.25, 0.3) is 33.4 Å². The van der Waals surface area contributed by atoms with Gasteiger partial charge >= 0.3 is 5.97 Å². The highest BCUT2D eigenvalue weighted by Gasteiger charge is 2.44. The molecule has 0 radical (unpaired) electrons.